The first-order valence-electron chi connectivity index (χ1n) is 6.84. The summed E-state index contributed by atoms with van der Waals surface area (Å²) in [6, 6.07) is 8.46. The molecular formula is C15H22N2O2. The third kappa shape index (κ3) is 4.24. The van der Waals surface area contributed by atoms with E-state index in [0.29, 0.717) is 18.6 Å². The number of carbonyl (C=O) groups is 1. The molecule has 19 heavy (non-hydrogen) atoms. The molecule has 0 bridgehead atoms. The fraction of sp³-hybridized carbons (Fsp3) is 0.533. The Morgan fingerprint density at radius 3 is 2.42 bits per heavy atom. The Kier molecular flexibility index (Phi) is 4.80. The molecule has 3 N–H and O–H groups in total. The summed E-state index contributed by atoms with van der Waals surface area (Å²) in [4.78, 5) is 10.8. The molecule has 1 aromatic rings. The molecular weight excluding hydrogens is 240 g/mol. The van der Waals surface area contributed by atoms with Crippen LogP contribution in [0.25, 0.3) is 0 Å². The zero-order valence-electron chi connectivity index (χ0n) is 11.4. The first-order chi connectivity index (χ1) is 9.17. The molecule has 0 spiro atoms. The van der Waals surface area contributed by atoms with Crippen molar-refractivity contribution < 1.29 is 9.53 Å². The summed E-state index contributed by atoms with van der Waals surface area (Å²) >= 11 is 0. The number of nitrogens with two attached hydrogens (primary N) is 1. The van der Waals surface area contributed by atoms with Crippen molar-refractivity contribution in [2.45, 2.75) is 44.2 Å². The number of benzene rings is 1. The van der Waals surface area contributed by atoms with Gasteiger partial charge in [-0.25, -0.2) is 0 Å². The van der Waals surface area contributed by atoms with Crippen molar-refractivity contribution in [2.24, 2.45) is 5.73 Å². The maximum atomic E-state index is 10.8. The van der Waals surface area contributed by atoms with Gasteiger partial charge in [-0.05, 0) is 43.4 Å². The second-order valence-electron chi connectivity index (χ2n) is 5.19. The Bertz CT molecular complexity index is 409. The summed E-state index contributed by atoms with van der Waals surface area (Å²) in [5.41, 5.74) is 7.24. The number of carbonyl (C=O) groups excluding carboxylic acids is 1. The number of methoxy groups -OCH3 is 1. The summed E-state index contributed by atoms with van der Waals surface area (Å²) in [5, 5.41) is 3.53. The van der Waals surface area contributed by atoms with Crippen molar-refractivity contribution in [3.8, 4) is 0 Å². The van der Waals surface area contributed by atoms with E-state index in [0.717, 1.165) is 36.9 Å². The highest BCUT2D eigenvalue weighted by Crippen LogP contribution is 2.23. The van der Waals surface area contributed by atoms with Gasteiger partial charge in [0, 0.05) is 18.8 Å². The van der Waals surface area contributed by atoms with E-state index >= 15 is 0 Å². The van der Waals surface area contributed by atoms with Gasteiger partial charge in [0.2, 0.25) is 5.91 Å². The number of hydrogen-bond acceptors (Lipinski definition) is 3. The van der Waals surface area contributed by atoms with E-state index in [9.17, 15) is 4.79 Å². The van der Waals surface area contributed by atoms with Gasteiger partial charge in [0.25, 0.3) is 0 Å². The molecule has 0 aliphatic heterocycles. The van der Waals surface area contributed by atoms with Gasteiger partial charge in [-0.15, -0.1) is 0 Å². The van der Waals surface area contributed by atoms with E-state index in [1.165, 1.54) is 0 Å². The summed E-state index contributed by atoms with van der Waals surface area (Å²) < 4.78 is 5.37. The van der Waals surface area contributed by atoms with Crippen LogP contribution >= 0.6 is 0 Å². The van der Waals surface area contributed by atoms with Crippen molar-refractivity contribution >= 4 is 11.6 Å². The Balaban J connectivity index is 1.84. The second-order valence-corrected chi connectivity index (χ2v) is 5.19. The maximum Gasteiger partial charge on any atom is 0.221 e. The van der Waals surface area contributed by atoms with E-state index in [4.69, 9.17) is 10.5 Å². The zero-order valence-corrected chi connectivity index (χ0v) is 11.4. The number of ether oxygens (including phenoxy) is 1. The fourth-order valence-corrected chi connectivity index (χ4v) is 2.60. The van der Waals surface area contributed by atoms with Crippen molar-refractivity contribution in [2.75, 3.05) is 12.4 Å². The lowest BCUT2D eigenvalue weighted by Gasteiger charge is -2.28. The van der Waals surface area contributed by atoms with Crippen LogP contribution in [0.4, 0.5) is 5.69 Å². The van der Waals surface area contributed by atoms with E-state index in [1.807, 2.05) is 24.3 Å². The molecule has 1 saturated carbocycles. The molecule has 104 valence electrons. The highest BCUT2D eigenvalue weighted by atomic mass is 16.5. The van der Waals surface area contributed by atoms with Crippen molar-refractivity contribution in [3.05, 3.63) is 29.8 Å². The van der Waals surface area contributed by atoms with Gasteiger partial charge in [0.15, 0.2) is 0 Å². The molecule has 1 amide bonds. The largest absolute Gasteiger partial charge is 0.382 e. The monoisotopic (exact) mass is 262 g/mol. The maximum absolute atomic E-state index is 10.8. The third-order valence-corrected chi connectivity index (χ3v) is 3.71. The van der Waals surface area contributed by atoms with Crippen LogP contribution in [0.5, 0.6) is 0 Å². The predicted molar refractivity (Wildman–Crippen MR) is 76.0 cm³/mol. The van der Waals surface area contributed by atoms with Gasteiger partial charge in [-0.2, -0.15) is 0 Å². The minimum atomic E-state index is -0.293. The van der Waals surface area contributed by atoms with Crippen LogP contribution in [-0.2, 0) is 16.0 Å². The van der Waals surface area contributed by atoms with Gasteiger partial charge in [0.05, 0.1) is 12.5 Å². The van der Waals surface area contributed by atoms with Crippen LogP contribution in [0, 0.1) is 0 Å². The molecule has 0 aromatic heterocycles. The van der Waals surface area contributed by atoms with Crippen LogP contribution in [0.1, 0.15) is 31.2 Å². The summed E-state index contributed by atoms with van der Waals surface area (Å²) in [7, 11) is 1.79. The van der Waals surface area contributed by atoms with Gasteiger partial charge in [-0.1, -0.05) is 12.1 Å². The summed E-state index contributed by atoms with van der Waals surface area (Å²) in [5.74, 6) is -0.293. The predicted octanol–water partition coefficient (Wildman–Crippen LogP) is 2.08. The summed E-state index contributed by atoms with van der Waals surface area (Å²) in [6.07, 6.45) is 5.25. The van der Waals surface area contributed by atoms with Crippen LogP contribution in [-0.4, -0.2) is 25.2 Å². The van der Waals surface area contributed by atoms with Gasteiger partial charge < -0.3 is 15.8 Å². The van der Waals surface area contributed by atoms with Crippen LogP contribution < -0.4 is 11.1 Å². The normalized spacial score (nSPS) is 23.0. The Labute approximate surface area is 114 Å². The molecule has 0 saturated heterocycles. The molecule has 4 nitrogen and oxygen atoms in total. The molecule has 1 fully saturated rings. The van der Waals surface area contributed by atoms with Crippen molar-refractivity contribution in [1.29, 1.82) is 0 Å². The highest BCUT2D eigenvalue weighted by Gasteiger charge is 2.20. The molecule has 2 rings (SSSR count). The highest BCUT2D eigenvalue weighted by molar-refractivity contribution is 5.76. The fourth-order valence-electron chi connectivity index (χ4n) is 2.60. The van der Waals surface area contributed by atoms with E-state index in [1.54, 1.807) is 7.11 Å². The molecule has 1 aromatic carbocycles. The van der Waals surface area contributed by atoms with E-state index < -0.39 is 0 Å². The average Bonchev–Trinajstić information content (AvgIpc) is 2.41. The van der Waals surface area contributed by atoms with Crippen LogP contribution in [0.15, 0.2) is 24.3 Å². The second kappa shape index (κ2) is 6.57. The summed E-state index contributed by atoms with van der Waals surface area (Å²) in [6.45, 7) is 0. The number of hydrogen-bond donors (Lipinski definition) is 2. The van der Waals surface area contributed by atoms with E-state index in [2.05, 4.69) is 5.32 Å². The molecule has 0 radical (unpaired) electrons. The standard InChI is InChI=1S/C15H22N2O2/c1-19-14-8-6-13(7-9-14)17-12-4-2-11(3-5-12)10-15(16)18/h2-5,13-14,17H,6-10H2,1H3,(H2,16,18). The Morgan fingerprint density at radius 1 is 1.26 bits per heavy atom. The molecule has 4 heteroatoms. The number of rotatable bonds is 5. The minimum absolute atomic E-state index is 0.293. The van der Waals surface area contributed by atoms with E-state index in [-0.39, 0.29) is 5.91 Å². The number of nitrogens with one attached hydrogen (secondary N) is 1. The SMILES string of the molecule is COC1CCC(Nc2ccc(CC(N)=O)cc2)CC1. The molecule has 0 unspecified atom stereocenters. The quantitative estimate of drug-likeness (QED) is 0.854. The van der Waals surface area contributed by atoms with Gasteiger partial charge >= 0.3 is 0 Å². The van der Waals surface area contributed by atoms with Crippen LogP contribution in [0.3, 0.4) is 0 Å². The number of amides is 1. The number of anilines is 1. The molecule has 1 aliphatic rings. The Morgan fingerprint density at radius 2 is 1.89 bits per heavy atom. The smallest absolute Gasteiger partial charge is 0.221 e. The first kappa shape index (κ1) is 13.9. The van der Waals surface area contributed by atoms with Crippen LogP contribution in [0.2, 0.25) is 0 Å². The molecule has 1 aliphatic carbocycles. The Hall–Kier alpha value is -1.55. The molecule has 0 atom stereocenters. The first-order valence-corrected chi connectivity index (χ1v) is 6.84. The lowest BCUT2D eigenvalue weighted by molar-refractivity contribution is -0.117. The van der Waals surface area contributed by atoms with Crippen molar-refractivity contribution in [1.82, 2.24) is 0 Å². The topological polar surface area (TPSA) is 64.3 Å². The van der Waals surface area contributed by atoms with Gasteiger partial charge in [-0.3, -0.25) is 4.79 Å². The average molecular weight is 262 g/mol. The minimum Gasteiger partial charge on any atom is -0.382 e. The third-order valence-electron chi connectivity index (χ3n) is 3.71. The lowest BCUT2D eigenvalue weighted by atomic mass is 9.93. The molecule has 0 heterocycles. The lowest BCUT2D eigenvalue weighted by Crippen LogP contribution is -2.29. The van der Waals surface area contributed by atoms with Crippen molar-refractivity contribution in [3.63, 3.8) is 0 Å². The number of primary amides is 1. The van der Waals surface area contributed by atoms with Gasteiger partial charge in [0.1, 0.15) is 0 Å². The zero-order chi connectivity index (χ0) is 13.7.